The van der Waals surface area contributed by atoms with Crippen LogP contribution in [0, 0.1) is 0 Å². The van der Waals surface area contributed by atoms with Gasteiger partial charge in [0.2, 0.25) is 0 Å². The van der Waals surface area contributed by atoms with Crippen LogP contribution in [0.3, 0.4) is 0 Å². The maximum atomic E-state index is 12.0. The Morgan fingerprint density at radius 1 is 1.08 bits per heavy atom. The van der Waals surface area contributed by atoms with E-state index in [1.165, 1.54) is 7.11 Å². The second-order valence-electron chi connectivity index (χ2n) is 5.09. The number of benzene rings is 2. The van der Waals surface area contributed by atoms with Crippen LogP contribution in [0.25, 0.3) is 0 Å². The lowest BCUT2D eigenvalue weighted by molar-refractivity contribution is -0.141. The standard InChI is InChI=1S/C18H18BrNO4/c1-23-17(21)11-16(14-7-9-15(19)10-8-14)20-18(22)24-12-13-5-3-2-4-6-13/h2-10,16H,11-12H2,1H3,(H,20,22)/t16-/m1/s1. The van der Waals surface area contributed by atoms with Gasteiger partial charge in [-0.3, -0.25) is 4.79 Å². The fourth-order valence-corrected chi connectivity index (χ4v) is 2.37. The number of amides is 1. The molecule has 0 spiro atoms. The molecule has 2 aromatic rings. The van der Waals surface area contributed by atoms with Gasteiger partial charge in [-0.25, -0.2) is 4.79 Å². The number of nitrogens with one attached hydrogen (secondary N) is 1. The molecule has 0 aliphatic heterocycles. The second-order valence-corrected chi connectivity index (χ2v) is 6.01. The zero-order valence-electron chi connectivity index (χ0n) is 13.2. The van der Waals surface area contributed by atoms with Crippen LogP contribution in [0.5, 0.6) is 0 Å². The first-order chi connectivity index (χ1) is 11.6. The van der Waals surface area contributed by atoms with Gasteiger partial charge >= 0.3 is 12.1 Å². The first-order valence-electron chi connectivity index (χ1n) is 7.38. The van der Waals surface area contributed by atoms with Crippen LogP contribution >= 0.6 is 15.9 Å². The molecule has 0 aliphatic rings. The van der Waals surface area contributed by atoms with E-state index in [1.807, 2.05) is 54.6 Å². The molecule has 0 heterocycles. The van der Waals surface area contributed by atoms with Crippen molar-refractivity contribution in [1.82, 2.24) is 5.32 Å². The Kier molecular flexibility index (Phi) is 6.81. The molecule has 126 valence electrons. The molecule has 0 saturated heterocycles. The lowest BCUT2D eigenvalue weighted by atomic mass is 10.0. The SMILES string of the molecule is COC(=O)C[C@@H](NC(=O)OCc1ccccc1)c1ccc(Br)cc1. The van der Waals surface area contributed by atoms with Crippen LogP contribution in [0.2, 0.25) is 0 Å². The minimum absolute atomic E-state index is 0.0264. The lowest BCUT2D eigenvalue weighted by Crippen LogP contribution is -2.31. The fourth-order valence-electron chi connectivity index (χ4n) is 2.10. The van der Waals surface area contributed by atoms with Gasteiger partial charge in [0.15, 0.2) is 0 Å². The maximum absolute atomic E-state index is 12.0. The van der Waals surface area contributed by atoms with E-state index < -0.39 is 18.1 Å². The highest BCUT2D eigenvalue weighted by molar-refractivity contribution is 9.10. The van der Waals surface area contributed by atoms with Crippen molar-refractivity contribution in [1.29, 1.82) is 0 Å². The summed E-state index contributed by atoms with van der Waals surface area (Å²) in [6.07, 6.45) is -0.561. The van der Waals surface area contributed by atoms with Gasteiger partial charge in [-0.1, -0.05) is 58.4 Å². The Bertz CT molecular complexity index is 673. The molecule has 1 amide bonds. The summed E-state index contributed by atoms with van der Waals surface area (Å²) in [6, 6.07) is 16.2. The summed E-state index contributed by atoms with van der Waals surface area (Å²) in [5, 5.41) is 2.71. The van der Waals surface area contributed by atoms with Gasteiger partial charge in [0.25, 0.3) is 0 Å². The third-order valence-corrected chi connectivity index (χ3v) is 3.90. The van der Waals surface area contributed by atoms with E-state index in [9.17, 15) is 9.59 Å². The summed E-state index contributed by atoms with van der Waals surface area (Å²) in [5.74, 6) is -0.411. The van der Waals surface area contributed by atoms with E-state index in [0.29, 0.717) is 0 Å². The maximum Gasteiger partial charge on any atom is 0.407 e. The Morgan fingerprint density at radius 2 is 1.75 bits per heavy atom. The van der Waals surface area contributed by atoms with E-state index in [4.69, 9.17) is 9.47 Å². The monoisotopic (exact) mass is 391 g/mol. The van der Waals surface area contributed by atoms with Gasteiger partial charge in [0, 0.05) is 4.47 Å². The van der Waals surface area contributed by atoms with Crippen LogP contribution in [-0.2, 0) is 20.9 Å². The molecule has 0 bridgehead atoms. The third kappa shape index (κ3) is 5.70. The van der Waals surface area contributed by atoms with E-state index in [2.05, 4.69) is 21.2 Å². The van der Waals surface area contributed by atoms with Crippen LogP contribution < -0.4 is 5.32 Å². The van der Waals surface area contributed by atoms with Gasteiger partial charge in [-0.15, -0.1) is 0 Å². The van der Waals surface area contributed by atoms with E-state index in [1.54, 1.807) is 0 Å². The summed E-state index contributed by atoms with van der Waals surface area (Å²) in [6.45, 7) is 0.165. The van der Waals surface area contributed by atoms with E-state index in [-0.39, 0.29) is 13.0 Å². The zero-order valence-corrected chi connectivity index (χ0v) is 14.8. The number of ether oxygens (including phenoxy) is 2. The number of alkyl carbamates (subject to hydrolysis) is 1. The summed E-state index contributed by atoms with van der Waals surface area (Å²) in [7, 11) is 1.31. The van der Waals surface area contributed by atoms with Crippen LogP contribution in [-0.4, -0.2) is 19.2 Å². The van der Waals surface area contributed by atoms with Crippen molar-refractivity contribution in [3.63, 3.8) is 0 Å². The van der Waals surface area contributed by atoms with Crippen LogP contribution in [0.4, 0.5) is 4.79 Å². The average molecular weight is 392 g/mol. The number of rotatable bonds is 6. The molecular weight excluding hydrogens is 374 g/mol. The molecular formula is C18H18BrNO4. The molecule has 6 heteroatoms. The first kappa shape index (κ1) is 18.0. The summed E-state index contributed by atoms with van der Waals surface area (Å²) >= 11 is 3.36. The summed E-state index contributed by atoms with van der Waals surface area (Å²) in [4.78, 5) is 23.6. The summed E-state index contributed by atoms with van der Waals surface area (Å²) in [5.41, 5.74) is 1.68. The Balaban J connectivity index is 2.00. The van der Waals surface area contributed by atoms with Gasteiger partial charge in [-0.05, 0) is 23.3 Å². The molecule has 0 fully saturated rings. The van der Waals surface area contributed by atoms with E-state index >= 15 is 0 Å². The number of methoxy groups -OCH3 is 1. The minimum atomic E-state index is -0.587. The molecule has 24 heavy (non-hydrogen) atoms. The van der Waals surface area contributed by atoms with Crippen molar-refractivity contribution in [2.45, 2.75) is 19.1 Å². The van der Waals surface area contributed by atoms with Crippen LogP contribution in [0.1, 0.15) is 23.6 Å². The molecule has 1 atom stereocenters. The van der Waals surface area contributed by atoms with Crippen molar-refractivity contribution >= 4 is 28.0 Å². The topological polar surface area (TPSA) is 64.6 Å². The molecule has 1 N–H and O–H groups in total. The molecule has 2 aromatic carbocycles. The second kappa shape index (κ2) is 9.08. The highest BCUT2D eigenvalue weighted by Gasteiger charge is 2.19. The Labute approximate surface area is 149 Å². The first-order valence-corrected chi connectivity index (χ1v) is 8.17. The smallest absolute Gasteiger partial charge is 0.407 e. The minimum Gasteiger partial charge on any atom is -0.469 e. The number of hydrogen-bond acceptors (Lipinski definition) is 4. The summed E-state index contributed by atoms with van der Waals surface area (Å²) < 4.78 is 10.8. The van der Waals surface area contributed by atoms with Crippen molar-refractivity contribution in [2.24, 2.45) is 0 Å². The number of carbonyl (C=O) groups excluding carboxylic acids is 2. The molecule has 2 rings (SSSR count). The van der Waals surface area contributed by atoms with Crippen LogP contribution in [0.15, 0.2) is 59.1 Å². The third-order valence-electron chi connectivity index (χ3n) is 3.38. The number of halogens is 1. The molecule has 5 nitrogen and oxygen atoms in total. The molecule has 0 saturated carbocycles. The molecule has 0 aromatic heterocycles. The number of esters is 1. The predicted octanol–water partition coefficient (Wildman–Crippen LogP) is 3.98. The quantitative estimate of drug-likeness (QED) is 0.756. The number of carbonyl (C=O) groups is 2. The molecule has 0 unspecified atom stereocenters. The van der Waals surface area contributed by atoms with Crippen molar-refractivity contribution in [3.8, 4) is 0 Å². The highest BCUT2D eigenvalue weighted by atomic mass is 79.9. The largest absolute Gasteiger partial charge is 0.469 e. The predicted molar refractivity (Wildman–Crippen MR) is 93.3 cm³/mol. The molecule has 0 aliphatic carbocycles. The number of hydrogen-bond donors (Lipinski definition) is 1. The van der Waals surface area contributed by atoms with Crippen molar-refractivity contribution < 1.29 is 19.1 Å². The van der Waals surface area contributed by atoms with Crippen molar-refractivity contribution in [2.75, 3.05) is 7.11 Å². The Hall–Kier alpha value is -2.34. The normalized spacial score (nSPS) is 11.4. The van der Waals surface area contributed by atoms with Gasteiger partial charge < -0.3 is 14.8 Å². The zero-order chi connectivity index (χ0) is 17.4. The highest BCUT2D eigenvalue weighted by Crippen LogP contribution is 2.20. The average Bonchev–Trinajstić information content (AvgIpc) is 2.61. The molecule has 0 radical (unpaired) electrons. The Morgan fingerprint density at radius 3 is 2.38 bits per heavy atom. The lowest BCUT2D eigenvalue weighted by Gasteiger charge is -2.18. The van der Waals surface area contributed by atoms with Gasteiger partial charge in [0.05, 0.1) is 19.6 Å². The van der Waals surface area contributed by atoms with Gasteiger partial charge in [0.1, 0.15) is 6.61 Å². The van der Waals surface area contributed by atoms with Gasteiger partial charge in [-0.2, -0.15) is 0 Å². The van der Waals surface area contributed by atoms with Crippen molar-refractivity contribution in [3.05, 3.63) is 70.2 Å². The van der Waals surface area contributed by atoms with E-state index in [0.717, 1.165) is 15.6 Å². The fraction of sp³-hybridized carbons (Fsp3) is 0.222.